The molecule has 0 aliphatic carbocycles. The summed E-state index contributed by atoms with van der Waals surface area (Å²) in [6.45, 7) is 1.25. The summed E-state index contributed by atoms with van der Waals surface area (Å²) in [5.74, 6) is -1.04. The quantitative estimate of drug-likeness (QED) is 0.805. The molecule has 1 aliphatic rings. The number of rotatable bonds is 4. The van der Waals surface area contributed by atoms with Gasteiger partial charge in [-0.1, -0.05) is 11.6 Å². The van der Waals surface area contributed by atoms with Crippen molar-refractivity contribution in [2.45, 2.75) is 12.8 Å². The predicted octanol–water partition coefficient (Wildman–Crippen LogP) is 2.91. The normalized spacial score (nSPS) is 14.7. The van der Waals surface area contributed by atoms with Gasteiger partial charge in [-0.15, -0.1) is 10.2 Å². The Bertz CT molecular complexity index is 839. The van der Waals surface area contributed by atoms with Crippen molar-refractivity contribution in [3.05, 3.63) is 46.9 Å². The lowest BCUT2D eigenvalue weighted by Gasteiger charge is -2.31. The summed E-state index contributed by atoms with van der Waals surface area (Å²) in [6.07, 6.45) is 1.18. The van der Waals surface area contributed by atoms with Gasteiger partial charge in [0.2, 0.25) is 5.91 Å². The van der Waals surface area contributed by atoms with E-state index in [9.17, 15) is 14.0 Å². The second kappa shape index (κ2) is 8.30. The van der Waals surface area contributed by atoms with E-state index in [0.717, 1.165) is 6.07 Å². The molecule has 2 heterocycles. The Morgan fingerprint density at radius 2 is 1.96 bits per heavy atom. The molecule has 0 bridgehead atoms. The molecule has 0 atom stereocenters. The molecule has 7 nitrogen and oxygen atoms in total. The molecule has 0 spiro atoms. The number of nitrogens with zero attached hydrogens (tertiary/aromatic N) is 3. The molecule has 0 saturated carbocycles. The molecule has 0 unspecified atom stereocenters. The van der Waals surface area contributed by atoms with Gasteiger partial charge in [0.15, 0.2) is 11.0 Å². The van der Waals surface area contributed by atoms with E-state index in [1.807, 2.05) is 4.90 Å². The van der Waals surface area contributed by atoms with Crippen LogP contribution in [0.5, 0.6) is 0 Å². The van der Waals surface area contributed by atoms with E-state index in [-0.39, 0.29) is 23.1 Å². The van der Waals surface area contributed by atoms with Crippen LogP contribution >= 0.6 is 11.6 Å². The average molecular weight is 393 g/mol. The van der Waals surface area contributed by atoms with Gasteiger partial charge < -0.3 is 15.0 Å². The Labute approximate surface area is 160 Å². The van der Waals surface area contributed by atoms with Gasteiger partial charge in [-0.3, -0.25) is 4.79 Å². The second-order valence-corrected chi connectivity index (χ2v) is 6.54. The van der Waals surface area contributed by atoms with Gasteiger partial charge in [0, 0.05) is 19.0 Å². The van der Waals surface area contributed by atoms with E-state index < -0.39 is 11.8 Å². The Balaban J connectivity index is 1.61. The predicted molar refractivity (Wildman–Crippen MR) is 98.3 cm³/mol. The van der Waals surface area contributed by atoms with E-state index in [1.165, 1.54) is 19.2 Å². The Morgan fingerprint density at radius 3 is 2.59 bits per heavy atom. The number of halogens is 2. The second-order valence-electron chi connectivity index (χ2n) is 6.15. The van der Waals surface area contributed by atoms with Gasteiger partial charge in [-0.2, -0.15) is 0 Å². The van der Waals surface area contributed by atoms with Gasteiger partial charge in [0.05, 0.1) is 18.4 Å². The fourth-order valence-corrected chi connectivity index (χ4v) is 3.05. The third kappa shape index (κ3) is 4.51. The number of carbonyl (C=O) groups is 2. The number of esters is 1. The summed E-state index contributed by atoms with van der Waals surface area (Å²) < 4.78 is 18.6. The third-order valence-electron chi connectivity index (χ3n) is 4.45. The van der Waals surface area contributed by atoms with Gasteiger partial charge in [-0.25, -0.2) is 9.18 Å². The van der Waals surface area contributed by atoms with Gasteiger partial charge in [-0.05, 0) is 43.2 Å². The molecule has 1 N–H and O–H groups in total. The number of benzene rings is 1. The maximum Gasteiger partial charge on any atom is 0.337 e. The number of hydrogen-bond acceptors (Lipinski definition) is 6. The van der Waals surface area contributed by atoms with Crippen LogP contribution in [-0.2, 0) is 9.53 Å². The molecule has 1 saturated heterocycles. The van der Waals surface area contributed by atoms with Crippen LogP contribution in [0, 0.1) is 11.7 Å². The van der Waals surface area contributed by atoms with Crippen molar-refractivity contribution in [2.75, 3.05) is 30.4 Å². The monoisotopic (exact) mass is 392 g/mol. The molecular weight excluding hydrogens is 375 g/mol. The Kier molecular flexibility index (Phi) is 5.85. The number of ether oxygens (including phenoxy) is 1. The number of carbonyl (C=O) groups excluding carboxylic acids is 2. The van der Waals surface area contributed by atoms with E-state index in [1.54, 1.807) is 12.1 Å². The lowest BCUT2D eigenvalue weighted by molar-refractivity contribution is -0.120. The highest BCUT2D eigenvalue weighted by Crippen LogP contribution is 2.24. The maximum absolute atomic E-state index is 14.0. The fraction of sp³-hybridized carbons (Fsp3) is 0.333. The highest BCUT2D eigenvalue weighted by Gasteiger charge is 2.26. The van der Waals surface area contributed by atoms with Crippen LogP contribution in [-0.4, -0.2) is 42.3 Å². The summed E-state index contributed by atoms with van der Waals surface area (Å²) >= 11 is 5.74. The molecule has 1 aromatic heterocycles. The molecule has 0 radical (unpaired) electrons. The molecule has 142 valence electrons. The van der Waals surface area contributed by atoms with Gasteiger partial charge >= 0.3 is 5.97 Å². The van der Waals surface area contributed by atoms with Crippen molar-refractivity contribution in [1.82, 2.24) is 10.2 Å². The van der Waals surface area contributed by atoms with Crippen molar-refractivity contribution in [3.8, 4) is 0 Å². The van der Waals surface area contributed by atoms with Crippen molar-refractivity contribution in [2.24, 2.45) is 5.92 Å². The first-order valence-corrected chi connectivity index (χ1v) is 8.78. The highest BCUT2D eigenvalue weighted by molar-refractivity contribution is 6.29. The largest absolute Gasteiger partial charge is 0.465 e. The molecule has 1 aliphatic heterocycles. The third-order valence-corrected chi connectivity index (χ3v) is 4.65. The number of amides is 1. The summed E-state index contributed by atoms with van der Waals surface area (Å²) in [6, 6.07) is 7.16. The zero-order chi connectivity index (χ0) is 19.4. The smallest absolute Gasteiger partial charge is 0.337 e. The molecule has 1 fully saturated rings. The summed E-state index contributed by atoms with van der Waals surface area (Å²) in [5.41, 5.74) is 0.138. The lowest BCUT2D eigenvalue weighted by Crippen LogP contribution is -2.38. The molecule has 9 heteroatoms. The molecule has 1 aromatic carbocycles. The van der Waals surface area contributed by atoms with Crippen molar-refractivity contribution in [1.29, 1.82) is 0 Å². The maximum atomic E-state index is 14.0. The minimum Gasteiger partial charge on any atom is -0.465 e. The molecular formula is C18H18ClFN4O3. The standard InChI is InChI=1S/C18H18ClFN4O3/c1-27-18(26)12-2-3-13(20)14(10-12)21-17(25)11-6-8-24(9-7-11)16-5-4-15(19)22-23-16/h2-5,10-11H,6-9H2,1H3,(H,21,25). The first-order valence-electron chi connectivity index (χ1n) is 8.41. The molecule has 2 aromatic rings. The molecule has 27 heavy (non-hydrogen) atoms. The van der Waals surface area contributed by atoms with Crippen LogP contribution in [0.3, 0.4) is 0 Å². The zero-order valence-corrected chi connectivity index (χ0v) is 15.4. The fourth-order valence-electron chi connectivity index (χ4n) is 2.95. The van der Waals surface area contributed by atoms with Crippen LogP contribution in [0.15, 0.2) is 30.3 Å². The SMILES string of the molecule is COC(=O)c1ccc(F)c(NC(=O)C2CCN(c3ccc(Cl)nn3)CC2)c1. The Morgan fingerprint density at radius 1 is 1.22 bits per heavy atom. The Hall–Kier alpha value is -2.74. The summed E-state index contributed by atoms with van der Waals surface area (Å²) in [7, 11) is 1.24. The van der Waals surface area contributed by atoms with Crippen molar-refractivity contribution >= 4 is 35.0 Å². The van der Waals surface area contributed by atoms with Crippen LogP contribution in [0.2, 0.25) is 5.15 Å². The number of aromatic nitrogens is 2. The van der Waals surface area contributed by atoms with Gasteiger partial charge in [0.1, 0.15) is 5.82 Å². The van der Waals surface area contributed by atoms with Crippen molar-refractivity contribution < 1.29 is 18.7 Å². The minimum atomic E-state index is -0.607. The van der Waals surface area contributed by atoms with Crippen molar-refractivity contribution in [3.63, 3.8) is 0 Å². The zero-order valence-electron chi connectivity index (χ0n) is 14.6. The summed E-state index contributed by atoms with van der Waals surface area (Å²) in [5, 5.41) is 10.8. The number of nitrogens with one attached hydrogen (secondary N) is 1. The molecule has 3 rings (SSSR count). The van der Waals surface area contributed by atoms with Crippen LogP contribution in [0.1, 0.15) is 23.2 Å². The van der Waals surface area contributed by atoms with Crippen LogP contribution < -0.4 is 10.2 Å². The van der Waals surface area contributed by atoms with E-state index in [4.69, 9.17) is 11.6 Å². The minimum absolute atomic E-state index is 0.0334. The van der Waals surface area contributed by atoms with Crippen LogP contribution in [0.25, 0.3) is 0 Å². The first-order chi connectivity index (χ1) is 13.0. The van der Waals surface area contributed by atoms with Gasteiger partial charge in [0.25, 0.3) is 0 Å². The topological polar surface area (TPSA) is 84.4 Å². The average Bonchev–Trinajstić information content (AvgIpc) is 2.69. The van der Waals surface area contributed by atoms with E-state index in [2.05, 4.69) is 20.3 Å². The number of piperidine rings is 1. The number of anilines is 2. The highest BCUT2D eigenvalue weighted by atomic mass is 35.5. The van der Waals surface area contributed by atoms with E-state index in [0.29, 0.717) is 36.9 Å². The first kappa shape index (κ1) is 19.0. The molecule has 1 amide bonds. The number of methoxy groups -OCH3 is 1. The van der Waals surface area contributed by atoms with E-state index >= 15 is 0 Å². The summed E-state index contributed by atoms with van der Waals surface area (Å²) in [4.78, 5) is 26.1. The number of hydrogen-bond donors (Lipinski definition) is 1. The van der Waals surface area contributed by atoms with Crippen LogP contribution in [0.4, 0.5) is 15.9 Å². The lowest BCUT2D eigenvalue weighted by atomic mass is 9.95.